The molecule has 2 aromatic heterocycles. The molecule has 0 radical (unpaired) electrons. The van der Waals surface area contributed by atoms with Gasteiger partial charge in [-0.15, -0.1) is 0 Å². The lowest BCUT2D eigenvalue weighted by molar-refractivity contribution is 0.199. The first-order chi connectivity index (χ1) is 10.1. The highest BCUT2D eigenvalue weighted by molar-refractivity contribution is 7.99. The smallest absolute Gasteiger partial charge is 0.194 e. The third kappa shape index (κ3) is 4.26. The molecule has 0 aromatic carbocycles. The molecule has 6 nitrogen and oxygen atoms in total. The molecule has 0 aliphatic rings. The van der Waals surface area contributed by atoms with Crippen LogP contribution < -0.4 is 5.32 Å². The van der Waals surface area contributed by atoms with E-state index < -0.39 is 0 Å². The Morgan fingerprint density at radius 1 is 1.38 bits per heavy atom. The maximum absolute atomic E-state index is 5.05. The van der Waals surface area contributed by atoms with Crippen LogP contribution in [0, 0.1) is 13.8 Å². The summed E-state index contributed by atoms with van der Waals surface area (Å²) >= 11 is 1.55. The summed E-state index contributed by atoms with van der Waals surface area (Å²) in [6, 6.07) is 1.89. The van der Waals surface area contributed by atoms with E-state index in [1.54, 1.807) is 25.1 Å². The number of aryl methyl sites for hydroxylation is 3. The number of rotatable bonds is 7. The van der Waals surface area contributed by atoms with Gasteiger partial charge in [-0.05, 0) is 31.7 Å². The Kier molecular flexibility index (Phi) is 5.72. The molecule has 0 saturated carbocycles. The molecule has 0 aliphatic heterocycles. The van der Waals surface area contributed by atoms with E-state index in [0.717, 1.165) is 34.7 Å². The van der Waals surface area contributed by atoms with Crippen molar-refractivity contribution in [3.05, 3.63) is 29.2 Å². The highest BCUT2D eigenvalue weighted by Crippen LogP contribution is 2.29. The standard InChI is InChI=1S/C14H21N5OS/c1-10-5-6-16-14(17-10)21-13-12(9-15-7-8-20-4)11(2)18-19(13)3/h5-6,15H,7-9H2,1-4H3. The number of nitrogens with one attached hydrogen (secondary N) is 1. The van der Waals surface area contributed by atoms with E-state index in [2.05, 4.69) is 20.4 Å². The van der Waals surface area contributed by atoms with Gasteiger partial charge >= 0.3 is 0 Å². The van der Waals surface area contributed by atoms with Crippen LogP contribution in [0.3, 0.4) is 0 Å². The van der Waals surface area contributed by atoms with Crippen LogP contribution in [0.4, 0.5) is 0 Å². The van der Waals surface area contributed by atoms with E-state index in [1.807, 2.05) is 31.6 Å². The van der Waals surface area contributed by atoms with Crippen molar-refractivity contribution in [1.82, 2.24) is 25.1 Å². The molecule has 7 heteroatoms. The molecule has 0 atom stereocenters. The zero-order valence-electron chi connectivity index (χ0n) is 12.9. The average molecular weight is 307 g/mol. The Bertz CT molecular complexity index is 599. The van der Waals surface area contributed by atoms with Gasteiger partial charge in [0.15, 0.2) is 5.16 Å². The summed E-state index contributed by atoms with van der Waals surface area (Å²) in [4.78, 5) is 8.75. The molecule has 0 aliphatic carbocycles. The minimum absolute atomic E-state index is 0.697. The molecule has 2 aromatic rings. The molecular formula is C14H21N5OS. The second-order valence-corrected chi connectivity index (χ2v) is 5.70. The van der Waals surface area contributed by atoms with Gasteiger partial charge in [-0.1, -0.05) is 0 Å². The first kappa shape index (κ1) is 15.9. The fourth-order valence-electron chi connectivity index (χ4n) is 1.96. The van der Waals surface area contributed by atoms with Gasteiger partial charge in [-0.3, -0.25) is 4.68 Å². The second-order valence-electron chi connectivity index (χ2n) is 4.74. The molecular weight excluding hydrogens is 286 g/mol. The molecule has 0 fully saturated rings. The normalized spacial score (nSPS) is 11.0. The van der Waals surface area contributed by atoms with Gasteiger partial charge in [0.2, 0.25) is 0 Å². The number of hydrogen-bond acceptors (Lipinski definition) is 6. The monoisotopic (exact) mass is 307 g/mol. The largest absolute Gasteiger partial charge is 0.383 e. The Labute approximate surface area is 129 Å². The van der Waals surface area contributed by atoms with E-state index in [4.69, 9.17) is 4.74 Å². The van der Waals surface area contributed by atoms with Crippen LogP contribution >= 0.6 is 11.8 Å². The second kappa shape index (κ2) is 7.53. The van der Waals surface area contributed by atoms with Crippen molar-refractivity contribution < 1.29 is 4.74 Å². The van der Waals surface area contributed by atoms with Crippen molar-refractivity contribution in [1.29, 1.82) is 0 Å². The van der Waals surface area contributed by atoms with Crippen LogP contribution in [-0.2, 0) is 18.3 Å². The van der Waals surface area contributed by atoms with Crippen molar-refractivity contribution in [2.45, 2.75) is 30.6 Å². The Morgan fingerprint density at radius 3 is 2.90 bits per heavy atom. The summed E-state index contributed by atoms with van der Waals surface area (Å²) in [5, 5.41) is 9.68. The minimum Gasteiger partial charge on any atom is -0.383 e. The van der Waals surface area contributed by atoms with E-state index in [9.17, 15) is 0 Å². The minimum atomic E-state index is 0.697. The predicted octanol–water partition coefficient (Wildman–Crippen LogP) is 1.71. The van der Waals surface area contributed by atoms with E-state index in [0.29, 0.717) is 6.61 Å². The molecule has 0 amide bonds. The number of hydrogen-bond donors (Lipinski definition) is 1. The summed E-state index contributed by atoms with van der Waals surface area (Å²) in [6.45, 7) is 6.26. The summed E-state index contributed by atoms with van der Waals surface area (Å²) in [5.74, 6) is 0. The molecule has 21 heavy (non-hydrogen) atoms. The van der Waals surface area contributed by atoms with Crippen molar-refractivity contribution >= 4 is 11.8 Å². The first-order valence-electron chi connectivity index (χ1n) is 6.81. The van der Waals surface area contributed by atoms with Crippen LogP contribution in [0.2, 0.25) is 0 Å². The fourth-order valence-corrected chi connectivity index (χ4v) is 2.95. The maximum Gasteiger partial charge on any atom is 0.194 e. The number of aromatic nitrogens is 4. The van der Waals surface area contributed by atoms with Crippen LogP contribution in [0.25, 0.3) is 0 Å². The van der Waals surface area contributed by atoms with Crippen LogP contribution in [0.5, 0.6) is 0 Å². The topological polar surface area (TPSA) is 64.9 Å². The van der Waals surface area contributed by atoms with Crippen LogP contribution in [0.15, 0.2) is 22.4 Å². The number of methoxy groups -OCH3 is 1. The van der Waals surface area contributed by atoms with Gasteiger partial charge in [0.05, 0.1) is 12.3 Å². The van der Waals surface area contributed by atoms with Crippen molar-refractivity contribution in [3.8, 4) is 0 Å². The van der Waals surface area contributed by atoms with Gasteiger partial charge in [0, 0.05) is 44.7 Å². The molecule has 2 heterocycles. The molecule has 1 N–H and O–H groups in total. The number of ether oxygens (including phenoxy) is 1. The van der Waals surface area contributed by atoms with E-state index >= 15 is 0 Å². The number of nitrogens with zero attached hydrogens (tertiary/aromatic N) is 4. The molecule has 0 spiro atoms. The zero-order chi connectivity index (χ0) is 15.2. The highest BCUT2D eigenvalue weighted by atomic mass is 32.2. The lowest BCUT2D eigenvalue weighted by atomic mass is 10.2. The third-order valence-electron chi connectivity index (χ3n) is 3.03. The molecule has 2 rings (SSSR count). The van der Waals surface area contributed by atoms with E-state index in [-0.39, 0.29) is 0 Å². The predicted molar refractivity (Wildman–Crippen MR) is 82.4 cm³/mol. The lowest BCUT2D eigenvalue weighted by Crippen LogP contribution is -2.19. The zero-order valence-corrected chi connectivity index (χ0v) is 13.7. The third-order valence-corrected chi connectivity index (χ3v) is 4.12. The summed E-state index contributed by atoms with van der Waals surface area (Å²) in [6.07, 6.45) is 1.78. The summed E-state index contributed by atoms with van der Waals surface area (Å²) in [5.41, 5.74) is 3.17. The lowest BCUT2D eigenvalue weighted by Gasteiger charge is -2.07. The Morgan fingerprint density at radius 2 is 2.19 bits per heavy atom. The molecule has 0 bridgehead atoms. The molecule has 0 saturated heterocycles. The average Bonchev–Trinajstić information content (AvgIpc) is 2.70. The van der Waals surface area contributed by atoms with Gasteiger partial charge in [-0.25, -0.2) is 9.97 Å². The van der Waals surface area contributed by atoms with Gasteiger partial charge in [0.25, 0.3) is 0 Å². The van der Waals surface area contributed by atoms with Gasteiger partial charge < -0.3 is 10.1 Å². The van der Waals surface area contributed by atoms with Crippen LogP contribution in [-0.4, -0.2) is 40.0 Å². The first-order valence-corrected chi connectivity index (χ1v) is 7.63. The summed E-state index contributed by atoms with van der Waals surface area (Å²) in [7, 11) is 3.65. The van der Waals surface area contributed by atoms with E-state index in [1.165, 1.54) is 5.56 Å². The maximum atomic E-state index is 5.05. The fraction of sp³-hybridized carbons (Fsp3) is 0.500. The van der Waals surface area contributed by atoms with Crippen LogP contribution in [0.1, 0.15) is 17.0 Å². The van der Waals surface area contributed by atoms with Gasteiger partial charge in [-0.2, -0.15) is 5.10 Å². The van der Waals surface area contributed by atoms with Gasteiger partial charge in [0.1, 0.15) is 5.03 Å². The Balaban J connectivity index is 2.14. The van der Waals surface area contributed by atoms with Crippen molar-refractivity contribution in [3.63, 3.8) is 0 Å². The van der Waals surface area contributed by atoms with Crippen molar-refractivity contribution in [2.75, 3.05) is 20.3 Å². The Hall–Kier alpha value is -1.44. The molecule has 114 valence electrons. The quantitative estimate of drug-likeness (QED) is 0.620. The summed E-state index contributed by atoms with van der Waals surface area (Å²) < 4.78 is 6.93. The van der Waals surface area contributed by atoms with Crippen molar-refractivity contribution in [2.24, 2.45) is 7.05 Å². The molecule has 0 unspecified atom stereocenters. The SMILES string of the molecule is COCCNCc1c(C)nn(C)c1Sc1nccc(C)n1. The highest BCUT2D eigenvalue weighted by Gasteiger charge is 2.15.